The standard InChI is InChI=1S/C34H40N4/c1-24(13-14-26(3)32(11-9-17-35)19-28(5)29(6)36)22-38-23-31(20-30-16-15-25(2)27(4)18-30)21-33-10-7-8-12-34(33)37-38/h7-19,21,23,35H,20,22,36H2,1-6H3/b11-9?,24-13+,26-14+,29-28?,32-19?,35-17?. The Hall–Kier alpha value is -4.18. The van der Waals surface area contributed by atoms with Crippen molar-refractivity contribution in [3.63, 3.8) is 0 Å². The van der Waals surface area contributed by atoms with Crippen LogP contribution in [0.5, 0.6) is 0 Å². The summed E-state index contributed by atoms with van der Waals surface area (Å²) in [4.78, 5) is 0. The Kier molecular flexibility index (Phi) is 10.0. The van der Waals surface area contributed by atoms with E-state index in [2.05, 4.69) is 94.6 Å². The average Bonchev–Trinajstić information content (AvgIpc) is 3.05. The molecule has 0 aromatic heterocycles. The number of fused-ring (bicyclic) bond motifs is 1. The van der Waals surface area contributed by atoms with Gasteiger partial charge in [-0.25, -0.2) is 0 Å². The monoisotopic (exact) mass is 504 g/mol. The van der Waals surface area contributed by atoms with Crippen LogP contribution in [0.1, 0.15) is 44.4 Å². The third-order valence-electron chi connectivity index (χ3n) is 6.66. The van der Waals surface area contributed by atoms with Gasteiger partial charge in [0.2, 0.25) is 0 Å². The number of nitrogens with two attached hydrogens (primary N) is 1. The van der Waals surface area contributed by atoms with Crippen LogP contribution in [0.25, 0.3) is 6.08 Å². The quantitative estimate of drug-likeness (QED) is 0.309. The maximum absolute atomic E-state index is 7.36. The minimum atomic E-state index is 0.679. The molecule has 0 aliphatic carbocycles. The highest BCUT2D eigenvalue weighted by atomic mass is 15.4. The van der Waals surface area contributed by atoms with E-state index in [1.54, 1.807) is 6.08 Å². The van der Waals surface area contributed by atoms with Gasteiger partial charge in [0.1, 0.15) is 0 Å². The molecule has 4 nitrogen and oxygen atoms in total. The van der Waals surface area contributed by atoms with E-state index < -0.39 is 0 Å². The van der Waals surface area contributed by atoms with Gasteiger partial charge in [-0.2, -0.15) is 5.10 Å². The van der Waals surface area contributed by atoms with Gasteiger partial charge in [-0.15, -0.1) is 0 Å². The summed E-state index contributed by atoms with van der Waals surface area (Å²) in [6.45, 7) is 13.1. The minimum Gasteiger partial charge on any atom is -0.402 e. The molecular formula is C34H40N4. The second-order valence-corrected chi connectivity index (χ2v) is 10.1. The first kappa shape index (κ1) is 28.4. The summed E-state index contributed by atoms with van der Waals surface area (Å²) in [6.07, 6.45) is 16.5. The van der Waals surface area contributed by atoms with E-state index >= 15 is 0 Å². The molecule has 0 bridgehead atoms. The summed E-state index contributed by atoms with van der Waals surface area (Å²) in [6, 6.07) is 15.0. The molecule has 0 spiro atoms. The van der Waals surface area contributed by atoms with E-state index in [9.17, 15) is 0 Å². The topological polar surface area (TPSA) is 65.5 Å². The van der Waals surface area contributed by atoms with E-state index in [-0.39, 0.29) is 0 Å². The summed E-state index contributed by atoms with van der Waals surface area (Å²) in [5, 5.41) is 16.5. The van der Waals surface area contributed by atoms with Crippen molar-refractivity contribution in [2.45, 2.75) is 48.0 Å². The van der Waals surface area contributed by atoms with Gasteiger partial charge in [0.15, 0.2) is 0 Å². The fraction of sp³-hybridized carbons (Fsp3) is 0.235. The second-order valence-electron chi connectivity index (χ2n) is 10.1. The first-order valence-corrected chi connectivity index (χ1v) is 13.0. The molecule has 0 radical (unpaired) electrons. The summed E-state index contributed by atoms with van der Waals surface area (Å²) in [5.41, 5.74) is 16.2. The molecule has 0 atom stereocenters. The molecule has 0 unspecified atom stereocenters. The van der Waals surface area contributed by atoms with Crippen molar-refractivity contribution >= 4 is 12.3 Å². The Morgan fingerprint density at radius 2 is 1.76 bits per heavy atom. The molecule has 38 heavy (non-hydrogen) atoms. The van der Waals surface area contributed by atoms with Crippen LogP contribution in [-0.4, -0.2) is 17.8 Å². The Labute approximate surface area is 227 Å². The zero-order valence-electron chi connectivity index (χ0n) is 23.5. The lowest BCUT2D eigenvalue weighted by molar-refractivity contribution is 0.416. The highest BCUT2D eigenvalue weighted by molar-refractivity contribution is 5.69. The average molecular weight is 505 g/mol. The first-order valence-electron chi connectivity index (χ1n) is 13.0. The van der Waals surface area contributed by atoms with Crippen molar-refractivity contribution in [3.8, 4) is 0 Å². The van der Waals surface area contributed by atoms with Gasteiger partial charge in [0, 0.05) is 23.3 Å². The van der Waals surface area contributed by atoms with Gasteiger partial charge in [0.25, 0.3) is 0 Å². The van der Waals surface area contributed by atoms with Crippen LogP contribution in [0.4, 0.5) is 0 Å². The summed E-state index contributed by atoms with van der Waals surface area (Å²) in [7, 11) is 0. The van der Waals surface area contributed by atoms with E-state index in [4.69, 9.17) is 16.2 Å². The SMILES string of the molecule is CC(N)=C(C)C=C(C=CC=N)/C(C)=C/C=C(\C)CN1C=C(Cc2ccc(C)c(C)c2)C=c2ccccc2=N1. The van der Waals surface area contributed by atoms with Crippen LogP contribution in [0, 0.1) is 19.3 Å². The van der Waals surface area contributed by atoms with Gasteiger partial charge in [-0.1, -0.05) is 66.3 Å². The summed E-state index contributed by atoms with van der Waals surface area (Å²) >= 11 is 0. The normalized spacial score (nSPS) is 15.3. The lowest BCUT2D eigenvalue weighted by atomic mass is 10.00. The molecule has 1 aliphatic heterocycles. The Morgan fingerprint density at radius 1 is 1.00 bits per heavy atom. The maximum atomic E-state index is 7.36. The third kappa shape index (κ3) is 8.17. The van der Waals surface area contributed by atoms with Crippen molar-refractivity contribution in [2.24, 2.45) is 10.8 Å². The van der Waals surface area contributed by atoms with Crippen LogP contribution in [0.3, 0.4) is 0 Å². The van der Waals surface area contributed by atoms with E-state index in [0.29, 0.717) is 6.54 Å². The van der Waals surface area contributed by atoms with Gasteiger partial charge in [-0.05, 0) is 105 Å². The van der Waals surface area contributed by atoms with Gasteiger partial charge in [0.05, 0.1) is 11.9 Å². The minimum absolute atomic E-state index is 0.679. The second kappa shape index (κ2) is 13.4. The molecular weight excluding hydrogens is 464 g/mol. The third-order valence-corrected chi connectivity index (χ3v) is 6.66. The van der Waals surface area contributed by atoms with Gasteiger partial charge < -0.3 is 11.1 Å². The van der Waals surface area contributed by atoms with Crippen LogP contribution >= 0.6 is 0 Å². The molecule has 2 aromatic rings. The van der Waals surface area contributed by atoms with Crippen molar-refractivity contribution in [3.05, 3.63) is 140 Å². The zero-order chi connectivity index (χ0) is 27.7. The fourth-order valence-electron chi connectivity index (χ4n) is 4.09. The molecule has 1 aliphatic rings. The molecule has 4 heteroatoms. The molecule has 2 aromatic carbocycles. The highest BCUT2D eigenvalue weighted by Gasteiger charge is 2.08. The summed E-state index contributed by atoms with van der Waals surface area (Å²) in [5.74, 6) is 0. The molecule has 3 N–H and O–H groups in total. The highest BCUT2D eigenvalue weighted by Crippen LogP contribution is 2.18. The molecule has 0 fully saturated rings. The zero-order valence-corrected chi connectivity index (χ0v) is 23.5. The smallest absolute Gasteiger partial charge is 0.0908 e. The molecule has 0 saturated carbocycles. The van der Waals surface area contributed by atoms with Crippen LogP contribution < -0.4 is 16.3 Å². The van der Waals surface area contributed by atoms with Crippen molar-refractivity contribution < 1.29 is 0 Å². The Bertz CT molecular complexity index is 1490. The Balaban J connectivity index is 1.91. The van der Waals surface area contributed by atoms with Crippen LogP contribution in [0.2, 0.25) is 0 Å². The number of rotatable bonds is 9. The van der Waals surface area contributed by atoms with Crippen molar-refractivity contribution in [2.75, 3.05) is 6.54 Å². The lowest BCUT2D eigenvalue weighted by Gasteiger charge is -2.16. The molecule has 1 heterocycles. The number of hydrogen-bond acceptors (Lipinski definition) is 4. The Morgan fingerprint density at radius 3 is 2.47 bits per heavy atom. The predicted molar refractivity (Wildman–Crippen MR) is 162 cm³/mol. The lowest BCUT2D eigenvalue weighted by Crippen LogP contribution is -2.27. The summed E-state index contributed by atoms with van der Waals surface area (Å²) < 4.78 is 0. The van der Waals surface area contributed by atoms with E-state index in [1.165, 1.54) is 34.1 Å². The molecule has 0 saturated heterocycles. The first-order chi connectivity index (χ1) is 18.2. The van der Waals surface area contributed by atoms with Gasteiger partial charge >= 0.3 is 0 Å². The maximum Gasteiger partial charge on any atom is 0.0908 e. The molecule has 0 amide bonds. The fourth-order valence-corrected chi connectivity index (χ4v) is 4.09. The number of nitrogens with one attached hydrogen (secondary N) is 1. The largest absolute Gasteiger partial charge is 0.402 e. The van der Waals surface area contributed by atoms with Crippen molar-refractivity contribution in [1.29, 1.82) is 5.41 Å². The number of nitrogens with zero attached hydrogens (tertiary/aromatic N) is 2. The number of hydrogen-bond donors (Lipinski definition) is 2. The number of aryl methyl sites for hydroxylation is 2. The van der Waals surface area contributed by atoms with E-state index in [0.717, 1.165) is 39.4 Å². The van der Waals surface area contributed by atoms with Crippen LogP contribution in [0.15, 0.2) is 118 Å². The van der Waals surface area contributed by atoms with Crippen molar-refractivity contribution in [1.82, 2.24) is 5.01 Å². The molecule has 3 rings (SSSR count). The van der Waals surface area contributed by atoms with Gasteiger partial charge in [-0.3, -0.25) is 5.01 Å². The molecule has 196 valence electrons. The predicted octanol–water partition coefficient (Wildman–Crippen LogP) is 6.34. The van der Waals surface area contributed by atoms with E-state index in [1.807, 2.05) is 31.0 Å². The number of benzene rings is 2. The van der Waals surface area contributed by atoms with Crippen LogP contribution in [-0.2, 0) is 6.42 Å². The number of allylic oxidation sites excluding steroid dienone is 10.